The predicted molar refractivity (Wildman–Crippen MR) is 60.0 cm³/mol. The molecule has 1 aliphatic carbocycles. The number of hydrogen-bond donors (Lipinski definition) is 2. The van der Waals surface area contributed by atoms with Gasteiger partial charge in [-0.1, -0.05) is 5.16 Å². The molecule has 0 aromatic carbocycles. The highest BCUT2D eigenvalue weighted by Crippen LogP contribution is 2.38. The molecule has 88 valence electrons. The Labute approximate surface area is 96.8 Å². The third-order valence-corrected chi connectivity index (χ3v) is 2.90. The standard InChI is InChI=1S/C11H12N4O2/c12-9(6-1-2-6)10-14-11(17-15-10)7-3-4-8(16)13-5-7/h3-6,9H,1-2,12H2,(H,13,16). The summed E-state index contributed by atoms with van der Waals surface area (Å²) in [6, 6.07) is 2.91. The second-order valence-electron chi connectivity index (χ2n) is 4.26. The van der Waals surface area contributed by atoms with Crippen LogP contribution in [-0.4, -0.2) is 15.1 Å². The summed E-state index contributed by atoms with van der Waals surface area (Å²) in [6.45, 7) is 0. The lowest BCUT2D eigenvalue weighted by Gasteiger charge is -2.01. The van der Waals surface area contributed by atoms with Crippen molar-refractivity contribution < 1.29 is 4.52 Å². The SMILES string of the molecule is NC(c1noc(-c2ccc(=O)[nH]c2)n1)C1CC1. The molecule has 0 spiro atoms. The highest BCUT2D eigenvalue weighted by molar-refractivity contribution is 5.50. The Morgan fingerprint density at radius 1 is 1.47 bits per heavy atom. The molecule has 1 saturated carbocycles. The van der Waals surface area contributed by atoms with Crippen LogP contribution in [0.4, 0.5) is 0 Å². The van der Waals surface area contributed by atoms with E-state index < -0.39 is 0 Å². The topological polar surface area (TPSA) is 97.8 Å². The Morgan fingerprint density at radius 3 is 2.94 bits per heavy atom. The molecule has 0 radical (unpaired) electrons. The van der Waals surface area contributed by atoms with E-state index in [4.69, 9.17) is 10.3 Å². The lowest BCUT2D eigenvalue weighted by atomic mass is 10.2. The molecule has 1 atom stereocenters. The first-order valence-electron chi connectivity index (χ1n) is 5.52. The molecule has 17 heavy (non-hydrogen) atoms. The van der Waals surface area contributed by atoms with Crippen LogP contribution in [0.2, 0.25) is 0 Å². The minimum absolute atomic E-state index is 0.143. The number of H-pyrrole nitrogens is 1. The summed E-state index contributed by atoms with van der Waals surface area (Å²) in [5.41, 5.74) is 6.50. The average Bonchev–Trinajstić information content (AvgIpc) is 3.07. The van der Waals surface area contributed by atoms with Crippen LogP contribution in [0, 0.1) is 5.92 Å². The minimum Gasteiger partial charge on any atom is -0.334 e. The lowest BCUT2D eigenvalue weighted by Crippen LogP contribution is -2.13. The van der Waals surface area contributed by atoms with Crippen LogP contribution in [0.15, 0.2) is 27.6 Å². The summed E-state index contributed by atoms with van der Waals surface area (Å²) in [5, 5.41) is 3.87. The van der Waals surface area contributed by atoms with Crippen molar-refractivity contribution in [1.29, 1.82) is 0 Å². The van der Waals surface area contributed by atoms with E-state index >= 15 is 0 Å². The zero-order valence-corrected chi connectivity index (χ0v) is 9.09. The molecule has 1 aliphatic rings. The summed E-state index contributed by atoms with van der Waals surface area (Å²) >= 11 is 0. The van der Waals surface area contributed by atoms with Crippen molar-refractivity contribution in [3.05, 3.63) is 34.5 Å². The van der Waals surface area contributed by atoms with Crippen molar-refractivity contribution in [2.24, 2.45) is 11.7 Å². The highest BCUT2D eigenvalue weighted by atomic mass is 16.5. The molecule has 1 unspecified atom stereocenters. The van der Waals surface area contributed by atoms with E-state index in [9.17, 15) is 4.79 Å². The maximum absolute atomic E-state index is 10.9. The Bertz CT molecular complexity index is 565. The summed E-state index contributed by atoms with van der Waals surface area (Å²) in [4.78, 5) is 17.7. The minimum atomic E-state index is -0.164. The van der Waals surface area contributed by atoms with Crippen LogP contribution in [0.1, 0.15) is 24.7 Å². The molecular formula is C11H12N4O2. The maximum Gasteiger partial charge on any atom is 0.259 e. The Hall–Kier alpha value is -1.95. The fraction of sp³-hybridized carbons (Fsp3) is 0.364. The van der Waals surface area contributed by atoms with Gasteiger partial charge in [0.1, 0.15) is 0 Å². The van der Waals surface area contributed by atoms with Crippen LogP contribution in [-0.2, 0) is 0 Å². The summed E-state index contributed by atoms with van der Waals surface area (Å²) in [5.74, 6) is 1.40. The van der Waals surface area contributed by atoms with Crippen molar-refractivity contribution >= 4 is 0 Å². The number of rotatable bonds is 3. The molecule has 2 aromatic rings. The van der Waals surface area contributed by atoms with Gasteiger partial charge in [-0.2, -0.15) is 4.98 Å². The number of pyridine rings is 1. The van der Waals surface area contributed by atoms with Crippen LogP contribution < -0.4 is 11.3 Å². The monoisotopic (exact) mass is 232 g/mol. The van der Waals surface area contributed by atoms with E-state index in [1.165, 1.54) is 6.07 Å². The highest BCUT2D eigenvalue weighted by Gasteiger charge is 2.32. The van der Waals surface area contributed by atoms with Gasteiger partial charge in [-0.05, 0) is 24.8 Å². The van der Waals surface area contributed by atoms with Crippen molar-refractivity contribution in [2.75, 3.05) is 0 Å². The molecule has 3 rings (SSSR count). The van der Waals surface area contributed by atoms with Gasteiger partial charge in [0.2, 0.25) is 5.56 Å². The van der Waals surface area contributed by atoms with E-state index in [0.29, 0.717) is 23.2 Å². The van der Waals surface area contributed by atoms with Gasteiger partial charge in [0, 0.05) is 12.3 Å². The molecule has 6 heteroatoms. The zero-order chi connectivity index (χ0) is 11.8. The van der Waals surface area contributed by atoms with Gasteiger partial charge in [0.25, 0.3) is 5.89 Å². The number of nitrogens with two attached hydrogens (primary N) is 1. The van der Waals surface area contributed by atoms with E-state index in [1.54, 1.807) is 12.3 Å². The number of aromatic nitrogens is 3. The normalized spacial score (nSPS) is 17.0. The Kier molecular flexibility index (Phi) is 2.29. The summed E-state index contributed by atoms with van der Waals surface area (Å²) in [6.07, 6.45) is 3.80. The molecular weight excluding hydrogens is 220 g/mol. The first kappa shape index (κ1) is 10.2. The van der Waals surface area contributed by atoms with Crippen molar-refractivity contribution in [3.63, 3.8) is 0 Å². The predicted octanol–water partition coefficient (Wildman–Crippen LogP) is 0.835. The molecule has 0 saturated heterocycles. The van der Waals surface area contributed by atoms with Crippen LogP contribution in [0.5, 0.6) is 0 Å². The largest absolute Gasteiger partial charge is 0.334 e. The zero-order valence-electron chi connectivity index (χ0n) is 9.09. The van der Waals surface area contributed by atoms with Gasteiger partial charge >= 0.3 is 0 Å². The molecule has 0 bridgehead atoms. The second-order valence-corrected chi connectivity index (χ2v) is 4.26. The summed E-state index contributed by atoms with van der Waals surface area (Å²) < 4.78 is 5.13. The smallest absolute Gasteiger partial charge is 0.259 e. The van der Waals surface area contributed by atoms with Gasteiger partial charge < -0.3 is 15.2 Å². The molecule has 0 aliphatic heterocycles. The van der Waals surface area contributed by atoms with Crippen LogP contribution in [0.25, 0.3) is 11.5 Å². The molecule has 2 heterocycles. The third-order valence-electron chi connectivity index (χ3n) is 2.90. The van der Waals surface area contributed by atoms with Gasteiger partial charge in [-0.25, -0.2) is 0 Å². The Balaban J connectivity index is 1.88. The van der Waals surface area contributed by atoms with Crippen molar-refractivity contribution in [2.45, 2.75) is 18.9 Å². The summed E-state index contributed by atoms with van der Waals surface area (Å²) in [7, 11) is 0. The first-order valence-corrected chi connectivity index (χ1v) is 5.52. The van der Waals surface area contributed by atoms with Crippen molar-refractivity contribution in [3.8, 4) is 11.5 Å². The fourth-order valence-corrected chi connectivity index (χ4v) is 1.70. The van der Waals surface area contributed by atoms with E-state index in [0.717, 1.165) is 12.8 Å². The number of nitrogens with one attached hydrogen (secondary N) is 1. The molecule has 3 N–H and O–H groups in total. The van der Waals surface area contributed by atoms with Crippen molar-refractivity contribution in [1.82, 2.24) is 15.1 Å². The molecule has 6 nitrogen and oxygen atoms in total. The quantitative estimate of drug-likeness (QED) is 0.816. The van der Waals surface area contributed by atoms with Gasteiger partial charge in [0.05, 0.1) is 11.6 Å². The second kappa shape index (κ2) is 3.81. The number of nitrogens with zero attached hydrogens (tertiary/aromatic N) is 2. The first-order chi connectivity index (χ1) is 8.24. The van der Waals surface area contributed by atoms with E-state index in [1.807, 2.05) is 0 Å². The average molecular weight is 232 g/mol. The number of aromatic amines is 1. The van der Waals surface area contributed by atoms with Gasteiger partial charge in [0.15, 0.2) is 5.82 Å². The Morgan fingerprint density at radius 2 is 2.29 bits per heavy atom. The van der Waals surface area contributed by atoms with Gasteiger partial charge in [-0.3, -0.25) is 4.79 Å². The van der Waals surface area contributed by atoms with E-state index in [2.05, 4.69) is 15.1 Å². The lowest BCUT2D eigenvalue weighted by molar-refractivity contribution is 0.411. The molecule has 0 amide bonds. The molecule has 2 aromatic heterocycles. The third kappa shape index (κ3) is 1.99. The van der Waals surface area contributed by atoms with Crippen LogP contribution >= 0.6 is 0 Å². The maximum atomic E-state index is 10.9. The molecule has 1 fully saturated rings. The van der Waals surface area contributed by atoms with E-state index in [-0.39, 0.29) is 11.6 Å². The fourth-order valence-electron chi connectivity index (χ4n) is 1.70. The van der Waals surface area contributed by atoms with Crippen LogP contribution in [0.3, 0.4) is 0 Å². The number of hydrogen-bond acceptors (Lipinski definition) is 5. The van der Waals surface area contributed by atoms with Gasteiger partial charge in [-0.15, -0.1) is 0 Å².